The third-order valence-corrected chi connectivity index (χ3v) is 6.80. The number of amides is 2. The minimum Gasteiger partial charge on any atom is -0.497 e. The van der Waals surface area contributed by atoms with Crippen molar-refractivity contribution >= 4 is 31.9 Å². The van der Waals surface area contributed by atoms with E-state index in [1.54, 1.807) is 12.1 Å². The van der Waals surface area contributed by atoms with Gasteiger partial charge in [-0.3, -0.25) is 9.59 Å². The number of hydrogen-bond donors (Lipinski definition) is 3. The molecule has 0 spiro atoms. The lowest BCUT2D eigenvalue weighted by molar-refractivity contribution is -0.123. The molecule has 1 atom stereocenters. The Labute approximate surface area is 191 Å². The molecule has 2 aromatic carbocycles. The molecule has 0 saturated heterocycles. The number of carbonyl (C=O) groups excluding carboxylic acids is 2. The molecular formula is C23H25N3O6S. The summed E-state index contributed by atoms with van der Waals surface area (Å²) < 4.78 is 34.7. The predicted molar refractivity (Wildman–Crippen MR) is 123 cm³/mol. The number of aromatic nitrogens is 1. The van der Waals surface area contributed by atoms with E-state index in [1.165, 1.54) is 7.11 Å². The number of fused-ring (bicyclic) bond motifs is 3. The molecule has 0 saturated carbocycles. The van der Waals surface area contributed by atoms with Crippen molar-refractivity contribution in [1.82, 2.24) is 10.3 Å². The quantitative estimate of drug-likeness (QED) is 0.484. The van der Waals surface area contributed by atoms with E-state index >= 15 is 0 Å². The lowest BCUT2D eigenvalue weighted by Gasteiger charge is -2.23. The van der Waals surface area contributed by atoms with Gasteiger partial charge in [0.15, 0.2) is 5.94 Å². The van der Waals surface area contributed by atoms with E-state index in [2.05, 4.69) is 10.3 Å². The van der Waals surface area contributed by atoms with Crippen LogP contribution in [0, 0.1) is 0 Å². The Bertz CT molecular complexity index is 1300. The number of ether oxygens (including phenoxy) is 2. The number of rotatable bonds is 7. The Morgan fingerprint density at radius 3 is 2.67 bits per heavy atom. The molecule has 1 heterocycles. The standard InChI is InChI=1S/C23H25N3O6S/c1-31-15-10-18-21(19(11-15)32-13-33(29,30)23(24)28)20-16(8-5-9-17(20)26-18)22(27)25-12-14-6-3-2-4-7-14/h2-4,6-7,10-11,16,26H,5,8-9,12-13H2,1H3,(H2,24,28)(H,25,27). The van der Waals surface area contributed by atoms with E-state index in [9.17, 15) is 18.0 Å². The molecule has 0 fully saturated rings. The molecule has 0 bridgehead atoms. The summed E-state index contributed by atoms with van der Waals surface area (Å²) in [4.78, 5) is 27.7. The van der Waals surface area contributed by atoms with Gasteiger partial charge in [-0.2, -0.15) is 0 Å². The second-order valence-corrected chi connectivity index (χ2v) is 9.78. The van der Waals surface area contributed by atoms with Gasteiger partial charge >= 0.3 is 5.24 Å². The summed E-state index contributed by atoms with van der Waals surface area (Å²) in [6.07, 6.45) is 2.21. The van der Waals surface area contributed by atoms with Crippen LogP contribution in [0.1, 0.15) is 35.6 Å². The van der Waals surface area contributed by atoms with Crippen LogP contribution in [-0.2, 0) is 27.6 Å². The van der Waals surface area contributed by atoms with Crippen molar-refractivity contribution in [2.75, 3.05) is 13.0 Å². The maximum Gasteiger partial charge on any atom is 0.337 e. The summed E-state index contributed by atoms with van der Waals surface area (Å²) in [7, 11) is -2.79. The molecule has 0 aliphatic heterocycles. The number of carbonyl (C=O) groups is 2. The van der Waals surface area contributed by atoms with Crippen LogP contribution in [0.3, 0.4) is 0 Å². The number of aryl methyl sites for hydroxylation is 1. The van der Waals surface area contributed by atoms with Gasteiger partial charge in [-0.1, -0.05) is 30.3 Å². The molecule has 0 radical (unpaired) electrons. The molecule has 1 aromatic heterocycles. The first kappa shape index (κ1) is 22.7. The molecular weight excluding hydrogens is 446 g/mol. The highest BCUT2D eigenvalue weighted by atomic mass is 32.2. The molecule has 4 N–H and O–H groups in total. The van der Waals surface area contributed by atoms with Gasteiger partial charge in [0, 0.05) is 29.8 Å². The molecule has 174 valence electrons. The summed E-state index contributed by atoms with van der Waals surface area (Å²) in [5.41, 5.74) is 8.27. The molecule has 33 heavy (non-hydrogen) atoms. The summed E-state index contributed by atoms with van der Waals surface area (Å²) in [6, 6.07) is 12.9. The van der Waals surface area contributed by atoms with Crippen molar-refractivity contribution in [2.24, 2.45) is 5.73 Å². The van der Waals surface area contributed by atoms with Crippen LogP contribution >= 0.6 is 0 Å². The van der Waals surface area contributed by atoms with E-state index in [4.69, 9.17) is 15.2 Å². The third-order valence-electron chi connectivity index (χ3n) is 5.76. The van der Waals surface area contributed by atoms with Gasteiger partial charge in [0.1, 0.15) is 11.5 Å². The monoisotopic (exact) mass is 471 g/mol. The lowest BCUT2D eigenvalue weighted by Crippen LogP contribution is -2.31. The average molecular weight is 472 g/mol. The molecule has 9 nitrogen and oxygen atoms in total. The number of sulfone groups is 1. The lowest BCUT2D eigenvalue weighted by atomic mass is 9.84. The average Bonchev–Trinajstić information content (AvgIpc) is 3.20. The molecule has 2 amide bonds. The van der Waals surface area contributed by atoms with Crippen molar-refractivity contribution in [2.45, 2.75) is 31.7 Å². The Balaban J connectivity index is 1.70. The predicted octanol–water partition coefficient (Wildman–Crippen LogP) is 2.74. The van der Waals surface area contributed by atoms with Crippen molar-refractivity contribution in [1.29, 1.82) is 0 Å². The van der Waals surface area contributed by atoms with E-state index in [-0.39, 0.29) is 11.7 Å². The van der Waals surface area contributed by atoms with Crippen LogP contribution in [0.15, 0.2) is 42.5 Å². The van der Waals surface area contributed by atoms with E-state index in [1.807, 2.05) is 30.3 Å². The molecule has 1 aliphatic rings. The fraction of sp³-hybridized carbons (Fsp3) is 0.304. The molecule has 3 aromatic rings. The molecule has 4 rings (SSSR count). The number of H-pyrrole nitrogens is 1. The number of primary amides is 1. The van der Waals surface area contributed by atoms with Gasteiger partial charge in [0.2, 0.25) is 5.91 Å². The van der Waals surface area contributed by atoms with Gasteiger partial charge in [-0.25, -0.2) is 8.42 Å². The number of aromatic amines is 1. The highest BCUT2D eigenvalue weighted by molar-refractivity contribution is 8.05. The van der Waals surface area contributed by atoms with E-state index in [0.717, 1.165) is 29.7 Å². The summed E-state index contributed by atoms with van der Waals surface area (Å²) in [6.45, 7) is 0.405. The van der Waals surface area contributed by atoms with Crippen LogP contribution < -0.4 is 20.5 Å². The normalized spacial score (nSPS) is 15.6. The minimum atomic E-state index is -4.27. The number of nitrogens with one attached hydrogen (secondary N) is 2. The highest BCUT2D eigenvalue weighted by Crippen LogP contribution is 2.43. The number of methoxy groups -OCH3 is 1. The van der Waals surface area contributed by atoms with Crippen molar-refractivity contribution in [3.05, 3.63) is 59.3 Å². The summed E-state index contributed by atoms with van der Waals surface area (Å²) in [5.74, 6) is -0.816. The number of hydrogen-bond acceptors (Lipinski definition) is 6. The Morgan fingerprint density at radius 1 is 1.21 bits per heavy atom. The summed E-state index contributed by atoms with van der Waals surface area (Å²) >= 11 is 0. The fourth-order valence-corrected chi connectivity index (χ4v) is 4.56. The first-order valence-corrected chi connectivity index (χ1v) is 12.1. The van der Waals surface area contributed by atoms with E-state index < -0.39 is 26.9 Å². The Kier molecular flexibility index (Phi) is 6.28. The largest absolute Gasteiger partial charge is 0.497 e. The van der Waals surface area contributed by atoms with Crippen molar-refractivity contribution < 1.29 is 27.5 Å². The minimum absolute atomic E-state index is 0.118. The van der Waals surface area contributed by atoms with Crippen LogP contribution in [0.2, 0.25) is 0 Å². The van der Waals surface area contributed by atoms with Gasteiger partial charge < -0.3 is 25.5 Å². The third kappa shape index (κ3) is 4.65. The van der Waals surface area contributed by atoms with Crippen LogP contribution in [0.25, 0.3) is 10.9 Å². The Hall–Kier alpha value is -3.53. The maximum atomic E-state index is 13.2. The highest BCUT2D eigenvalue weighted by Gasteiger charge is 2.32. The number of nitrogens with two attached hydrogens (primary N) is 1. The van der Waals surface area contributed by atoms with Crippen molar-refractivity contribution in [3.8, 4) is 11.5 Å². The number of benzene rings is 2. The molecule has 10 heteroatoms. The zero-order chi connectivity index (χ0) is 23.6. The summed E-state index contributed by atoms with van der Waals surface area (Å²) in [5, 5.41) is 2.14. The zero-order valence-corrected chi connectivity index (χ0v) is 18.9. The smallest absolute Gasteiger partial charge is 0.337 e. The van der Waals surface area contributed by atoms with Gasteiger partial charge in [0.05, 0.1) is 18.5 Å². The molecule has 1 aliphatic carbocycles. The van der Waals surface area contributed by atoms with Gasteiger partial charge in [0.25, 0.3) is 9.84 Å². The second kappa shape index (κ2) is 9.14. The van der Waals surface area contributed by atoms with Gasteiger partial charge in [-0.05, 0) is 30.4 Å². The SMILES string of the molecule is COc1cc(OCS(=O)(=O)C(N)=O)c2c3c([nH]c2c1)CCCC3C(=O)NCc1ccccc1. The van der Waals surface area contributed by atoms with Gasteiger partial charge in [-0.15, -0.1) is 0 Å². The first-order valence-electron chi connectivity index (χ1n) is 10.5. The topological polar surface area (TPSA) is 141 Å². The van der Waals surface area contributed by atoms with Crippen LogP contribution in [0.5, 0.6) is 11.5 Å². The molecule has 1 unspecified atom stereocenters. The Morgan fingerprint density at radius 2 is 1.97 bits per heavy atom. The van der Waals surface area contributed by atoms with Crippen LogP contribution in [-0.4, -0.2) is 37.6 Å². The first-order chi connectivity index (χ1) is 15.8. The van der Waals surface area contributed by atoms with Crippen molar-refractivity contribution in [3.63, 3.8) is 0 Å². The fourth-order valence-electron chi connectivity index (χ4n) is 4.16. The maximum absolute atomic E-state index is 13.2. The zero-order valence-electron chi connectivity index (χ0n) is 18.1. The van der Waals surface area contributed by atoms with Crippen LogP contribution in [0.4, 0.5) is 4.79 Å². The second-order valence-electron chi connectivity index (χ2n) is 7.91. The van der Waals surface area contributed by atoms with E-state index in [0.29, 0.717) is 29.6 Å².